The van der Waals surface area contributed by atoms with Gasteiger partial charge in [-0.15, -0.1) is 17.5 Å². The van der Waals surface area contributed by atoms with E-state index in [1.54, 1.807) is 31.2 Å². The lowest BCUT2D eigenvalue weighted by Crippen LogP contribution is -2.28. The molecule has 17 heteroatoms. The number of halogens is 1. The number of anilines is 1. The van der Waals surface area contributed by atoms with E-state index in [0.717, 1.165) is 16.1 Å². The molecular formula is C27H27ClN8O8. The van der Waals surface area contributed by atoms with E-state index < -0.39 is 35.5 Å². The standard InChI is InChI=1S/C18H16N6O6.C9H10N2O2.ClH/c1-8(9-3-5-10(6-4-9)18(29)30-2)20-16(26)11-7-12(17(27)28)24-15(21-11)13(14(19)25)22-23-24;10-4-6-1-2-8-7(3-6)11-9(12)5-13-8;/h3-8H,1-2H3,(H2,19,25)(H,20,26)(H,27,28);1-3H,4-5,10H2,(H,11,12);1H/t8-;;/m0../s1. The first-order valence-electron chi connectivity index (χ1n) is 12.6. The summed E-state index contributed by atoms with van der Waals surface area (Å²) in [5, 5.41) is 21.8. The molecule has 0 radical (unpaired) electrons. The molecule has 3 amide bonds. The maximum Gasteiger partial charge on any atom is 0.354 e. The SMILES string of the molecule is COC(=O)c1ccc([C@H](C)NC(=O)c2cc(C(=O)O)n3nnc(C(N)=O)c3n2)cc1.Cl.NCc1ccc2c(c1)NC(=O)CO2. The van der Waals surface area contributed by atoms with Crippen molar-refractivity contribution in [3.63, 3.8) is 0 Å². The minimum atomic E-state index is -1.40. The average Bonchev–Trinajstić information content (AvgIpc) is 3.44. The molecule has 16 nitrogen and oxygen atoms in total. The Kier molecular flexibility index (Phi) is 10.5. The number of nitrogens with one attached hydrogen (secondary N) is 2. The van der Waals surface area contributed by atoms with Crippen molar-refractivity contribution in [3.05, 3.63) is 82.3 Å². The molecule has 7 N–H and O–H groups in total. The summed E-state index contributed by atoms with van der Waals surface area (Å²) < 4.78 is 10.6. The van der Waals surface area contributed by atoms with Crippen molar-refractivity contribution in [1.82, 2.24) is 25.1 Å². The fourth-order valence-corrected chi connectivity index (χ4v) is 3.94. The highest BCUT2D eigenvalue weighted by atomic mass is 35.5. The molecular weight excluding hydrogens is 600 g/mol. The quantitative estimate of drug-likeness (QED) is 0.181. The number of carboxylic acid groups (broad SMARTS) is 1. The van der Waals surface area contributed by atoms with Gasteiger partial charge in [-0.3, -0.25) is 14.4 Å². The Morgan fingerprint density at radius 3 is 2.48 bits per heavy atom. The molecule has 1 aliphatic heterocycles. The van der Waals surface area contributed by atoms with E-state index in [9.17, 15) is 29.1 Å². The number of carboxylic acids is 1. The Morgan fingerprint density at radius 2 is 1.86 bits per heavy atom. The number of benzene rings is 2. The Hall–Kier alpha value is -5.61. The number of hydrogen-bond donors (Lipinski definition) is 5. The second-order valence-corrected chi connectivity index (χ2v) is 9.05. The second-order valence-electron chi connectivity index (χ2n) is 9.05. The second kappa shape index (κ2) is 14.0. The Labute approximate surface area is 255 Å². The van der Waals surface area contributed by atoms with Gasteiger partial charge in [0, 0.05) is 12.6 Å². The molecule has 5 rings (SSSR count). The van der Waals surface area contributed by atoms with Crippen LogP contribution in [0.1, 0.15) is 65.9 Å². The third-order valence-electron chi connectivity index (χ3n) is 6.15. The molecule has 230 valence electrons. The third-order valence-corrected chi connectivity index (χ3v) is 6.15. The topological polar surface area (TPSA) is 243 Å². The van der Waals surface area contributed by atoms with Gasteiger partial charge in [-0.05, 0) is 42.3 Å². The first kappa shape index (κ1) is 32.9. The van der Waals surface area contributed by atoms with Gasteiger partial charge in [0.2, 0.25) is 0 Å². The van der Waals surface area contributed by atoms with E-state index in [4.69, 9.17) is 16.2 Å². The van der Waals surface area contributed by atoms with Gasteiger partial charge in [-0.2, -0.15) is 4.52 Å². The van der Waals surface area contributed by atoms with Gasteiger partial charge in [0.1, 0.15) is 11.4 Å². The number of fused-ring (bicyclic) bond motifs is 2. The van der Waals surface area contributed by atoms with Gasteiger partial charge in [0.05, 0.1) is 24.4 Å². The summed E-state index contributed by atoms with van der Waals surface area (Å²) >= 11 is 0. The molecule has 0 saturated heterocycles. The largest absolute Gasteiger partial charge is 0.482 e. The van der Waals surface area contributed by atoms with E-state index >= 15 is 0 Å². The highest BCUT2D eigenvalue weighted by Crippen LogP contribution is 2.28. The number of ether oxygens (including phenoxy) is 2. The van der Waals surface area contributed by atoms with Crippen LogP contribution in [0.3, 0.4) is 0 Å². The van der Waals surface area contributed by atoms with Gasteiger partial charge >= 0.3 is 11.9 Å². The van der Waals surface area contributed by atoms with Crippen LogP contribution in [0.2, 0.25) is 0 Å². The molecule has 4 aromatic rings. The van der Waals surface area contributed by atoms with Crippen LogP contribution in [-0.2, 0) is 16.1 Å². The summed E-state index contributed by atoms with van der Waals surface area (Å²) in [6, 6.07) is 12.4. The highest BCUT2D eigenvalue weighted by Gasteiger charge is 2.23. The van der Waals surface area contributed by atoms with Crippen LogP contribution in [0, 0.1) is 0 Å². The maximum absolute atomic E-state index is 12.7. The summed E-state index contributed by atoms with van der Waals surface area (Å²) in [6.45, 7) is 2.25. The van der Waals surface area contributed by atoms with Crippen LogP contribution in [0.25, 0.3) is 5.65 Å². The Bertz CT molecular complexity index is 1740. The molecule has 44 heavy (non-hydrogen) atoms. The zero-order chi connectivity index (χ0) is 31.3. The first-order chi connectivity index (χ1) is 20.5. The van der Waals surface area contributed by atoms with Gasteiger partial charge in [-0.25, -0.2) is 14.6 Å². The number of carbonyl (C=O) groups is 5. The van der Waals surface area contributed by atoms with Crippen LogP contribution in [-0.4, -0.2) is 68.3 Å². The maximum atomic E-state index is 12.7. The molecule has 0 aliphatic carbocycles. The van der Waals surface area contributed by atoms with E-state index in [-0.39, 0.29) is 42.0 Å². The summed E-state index contributed by atoms with van der Waals surface area (Å²) in [5.74, 6) is -2.97. The highest BCUT2D eigenvalue weighted by molar-refractivity contribution is 6.00. The normalized spacial score (nSPS) is 12.2. The summed E-state index contributed by atoms with van der Waals surface area (Å²) in [7, 11) is 1.27. The fraction of sp³-hybridized carbons (Fsp3) is 0.185. The van der Waals surface area contributed by atoms with Crippen LogP contribution in [0.15, 0.2) is 48.5 Å². The van der Waals surface area contributed by atoms with Gasteiger partial charge in [0.15, 0.2) is 23.6 Å². The van der Waals surface area contributed by atoms with E-state index in [1.165, 1.54) is 7.11 Å². The molecule has 0 unspecified atom stereocenters. The number of aromatic carboxylic acids is 1. The van der Waals surface area contributed by atoms with E-state index in [1.807, 2.05) is 18.2 Å². The van der Waals surface area contributed by atoms with Crippen molar-refractivity contribution >= 4 is 53.4 Å². The van der Waals surface area contributed by atoms with Crippen molar-refractivity contribution in [1.29, 1.82) is 0 Å². The van der Waals surface area contributed by atoms with Gasteiger partial charge in [-0.1, -0.05) is 23.4 Å². The van der Waals surface area contributed by atoms with Gasteiger partial charge in [0.25, 0.3) is 17.7 Å². The van der Waals surface area contributed by atoms with Gasteiger partial charge < -0.3 is 36.7 Å². The van der Waals surface area contributed by atoms with Crippen molar-refractivity contribution in [3.8, 4) is 5.75 Å². The lowest BCUT2D eigenvalue weighted by Gasteiger charge is -2.18. The van der Waals surface area contributed by atoms with Crippen LogP contribution in [0.4, 0.5) is 5.69 Å². The number of esters is 1. The fourth-order valence-electron chi connectivity index (χ4n) is 3.94. The number of primary amides is 1. The summed E-state index contributed by atoms with van der Waals surface area (Å²) in [6.07, 6.45) is 0. The van der Waals surface area contributed by atoms with Crippen molar-refractivity contribution < 1.29 is 38.6 Å². The Balaban J connectivity index is 0.000000315. The number of rotatable bonds is 7. The predicted octanol–water partition coefficient (Wildman–Crippen LogP) is 1.10. The predicted molar refractivity (Wildman–Crippen MR) is 156 cm³/mol. The zero-order valence-electron chi connectivity index (χ0n) is 23.3. The molecule has 2 aromatic carbocycles. The number of hydrogen-bond acceptors (Lipinski definition) is 11. The number of nitrogens with zero attached hydrogens (tertiary/aromatic N) is 4. The summed E-state index contributed by atoms with van der Waals surface area (Å²) in [5.41, 5.74) is 12.1. The smallest absolute Gasteiger partial charge is 0.354 e. The lowest BCUT2D eigenvalue weighted by molar-refractivity contribution is -0.118. The minimum Gasteiger partial charge on any atom is -0.482 e. The Morgan fingerprint density at radius 1 is 1.16 bits per heavy atom. The first-order valence-corrected chi connectivity index (χ1v) is 12.6. The lowest BCUT2D eigenvalue weighted by atomic mass is 10.1. The van der Waals surface area contributed by atoms with Crippen LogP contribution >= 0.6 is 12.4 Å². The number of carbonyl (C=O) groups excluding carboxylic acids is 4. The molecule has 0 fully saturated rings. The number of aromatic nitrogens is 4. The minimum absolute atomic E-state index is 0. The monoisotopic (exact) mass is 626 g/mol. The molecule has 3 heterocycles. The number of amides is 3. The van der Waals surface area contributed by atoms with E-state index in [0.29, 0.717) is 29.1 Å². The zero-order valence-corrected chi connectivity index (χ0v) is 24.1. The van der Waals surface area contributed by atoms with Crippen molar-refractivity contribution in [2.24, 2.45) is 11.5 Å². The number of methoxy groups -OCH3 is 1. The third kappa shape index (κ3) is 7.23. The summed E-state index contributed by atoms with van der Waals surface area (Å²) in [4.78, 5) is 62.1. The van der Waals surface area contributed by atoms with Crippen LogP contribution < -0.4 is 26.8 Å². The number of nitrogens with two attached hydrogens (primary N) is 2. The molecule has 1 aliphatic rings. The van der Waals surface area contributed by atoms with Crippen molar-refractivity contribution in [2.75, 3.05) is 19.0 Å². The molecule has 0 spiro atoms. The molecule has 2 aromatic heterocycles. The van der Waals surface area contributed by atoms with E-state index in [2.05, 4.69) is 30.7 Å². The molecule has 0 saturated carbocycles. The average molecular weight is 627 g/mol. The molecule has 0 bridgehead atoms. The van der Waals surface area contributed by atoms with Crippen LogP contribution in [0.5, 0.6) is 5.75 Å². The van der Waals surface area contributed by atoms with Crippen molar-refractivity contribution in [2.45, 2.75) is 19.5 Å². The molecule has 1 atom stereocenters.